The molecule has 1 atom stereocenters. The third kappa shape index (κ3) is 3.27. The largest absolute Gasteiger partial charge is 0.466 e. The first-order valence-electron chi connectivity index (χ1n) is 8.06. The molecule has 24 heavy (non-hydrogen) atoms. The number of nitrogens with zero attached hydrogens (tertiary/aromatic N) is 2. The van der Waals surface area contributed by atoms with Crippen LogP contribution < -0.4 is 5.32 Å². The second-order valence-electron chi connectivity index (χ2n) is 6.25. The minimum Gasteiger partial charge on any atom is -0.466 e. The highest BCUT2D eigenvalue weighted by Gasteiger charge is 2.26. The van der Waals surface area contributed by atoms with Crippen molar-refractivity contribution in [2.75, 3.05) is 6.54 Å². The number of para-hydroxylation sites is 1. The zero-order chi connectivity index (χ0) is 17.2. The Balaban J connectivity index is 1.71. The maximum Gasteiger partial charge on any atom is 0.136 e. The molecule has 0 bridgehead atoms. The van der Waals surface area contributed by atoms with Crippen LogP contribution in [0.5, 0.6) is 0 Å². The van der Waals surface area contributed by atoms with Crippen molar-refractivity contribution in [2.24, 2.45) is 0 Å². The molecule has 3 rings (SSSR count). The number of aryl methyl sites for hydroxylation is 1. The van der Waals surface area contributed by atoms with Gasteiger partial charge in [0.05, 0.1) is 17.6 Å². The molecule has 0 aliphatic rings. The molecule has 3 aromatic rings. The summed E-state index contributed by atoms with van der Waals surface area (Å²) in [4.78, 5) is 0. The molecule has 5 nitrogen and oxygen atoms in total. The average Bonchev–Trinajstić information content (AvgIpc) is 3.20. The van der Waals surface area contributed by atoms with Crippen molar-refractivity contribution < 1.29 is 9.52 Å². The van der Waals surface area contributed by atoms with Crippen LogP contribution in [0.15, 0.2) is 53.1 Å². The van der Waals surface area contributed by atoms with E-state index in [1.807, 2.05) is 41.9 Å². The molecule has 0 radical (unpaired) electrons. The smallest absolute Gasteiger partial charge is 0.136 e. The fourth-order valence-electron chi connectivity index (χ4n) is 2.85. The van der Waals surface area contributed by atoms with Crippen LogP contribution >= 0.6 is 0 Å². The van der Waals surface area contributed by atoms with Crippen molar-refractivity contribution >= 4 is 0 Å². The van der Waals surface area contributed by atoms with Crippen molar-refractivity contribution in [1.82, 2.24) is 15.1 Å². The Kier molecular flexibility index (Phi) is 4.55. The van der Waals surface area contributed by atoms with Gasteiger partial charge >= 0.3 is 0 Å². The van der Waals surface area contributed by atoms with Gasteiger partial charge in [-0.3, -0.25) is 0 Å². The highest BCUT2D eigenvalue weighted by molar-refractivity contribution is 5.36. The summed E-state index contributed by atoms with van der Waals surface area (Å²) in [5, 5.41) is 18.5. The lowest BCUT2D eigenvalue weighted by Gasteiger charge is -2.21. The Labute approximate surface area is 141 Å². The van der Waals surface area contributed by atoms with Crippen LogP contribution in [0.3, 0.4) is 0 Å². The van der Waals surface area contributed by atoms with Gasteiger partial charge in [0, 0.05) is 24.3 Å². The van der Waals surface area contributed by atoms with Crippen LogP contribution in [0.4, 0.5) is 0 Å². The van der Waals surface area contributed by atoms with E-state index >= 15 is 0 Å². The molecule has 2 aromatic heterocycles. The molecule has 5 heteroatoms. The lowest BCUT2D eigenvalue weighted by Crippen LogP contribution is -2.35. The molecule has 0 amide bonds. The SMILES string of the molecule is Cc1nn(-c2ccccc2)c(C)c1CNCC(C)(O)c1ccco1. The summed E-state index contributed by atoms with van der Waals surface area (Å²) >= 11 is 0. The Hall–Kier alpha value is -2.37. The van der Waals surface area contributed by atoms with Gasteiger partial charge in [-0.15, -0.1) is 0 Å². The summed E-state index contributed by atoms with van der Waals surface area (Å²) < 4.78 is 7.26. The maximum atomic E-state index is 10.5. The van der Waals surface area contributed by atoms with Crippen LogP contribution in [-0.2, 0) is 12.1 Å². The van der Waals surface area contributed by atoms with Gasteiger partial charge in [0.1, 0.15) is 11.4 Å². The fourth-order valence-corrected chi connectivity index (χ4v) is 2.85. The van der Waals surface area contributed by atoms with Crippen molar-refractivity contribution in [3.8, 4) is 5.69 Å². The zero-order valence-electron chi connectivity index (χ0n) is 14.3. The van der Waals surface area contributed by atoms with E-state index in [-0.39, 0.29) is 0 Å². The molecule has 1 aromatic carbocycles. The van der Waals surface area contributed by atoms with Gasteiger partial charge in [-0.1, -0.05) is 18.2 Å². The van der Waals surface area contributed by atoms with E-state index in [2.05, 4.69) is 17.3 Å². The van der Waals surface area contributed by atoms with Gasteiger partial charge in [-0.05, 0) is 45.0 Å². The molecule has 126 valence electrons. The molecule has 0 spiro atoms. The third-order valence-corrected chi connectivity index (χ3v) is 4.26. The molecule has 0 fully saturated rings. The predicted octanol–water partition coefficient (Wildman–Crippen LogP) is 3.08. The van der Waals surface area contributed by atoms with E-state index in [0.29, 0.717) is 18.8 Å². The number of benzene rings is 1. The topological polar surface area (TPSA) is 63.2 Å². The van der Waals surface area contributed by atoms with Gasteiger partial charge < -0.3 is 14.8 Å². The molecule has 2 heterocycles. The van der Waals surface area contributed by atoms with Crippen LogP contribution in [-0.4, -0.2) is 21.4 Å². The molecule has 0 saturated carbocycles. The molecule has 1 unspecified atom stereocenters. The first-order chi connectivity index (χ1) is 11.5. The number of hydrogen-bond acceptors (Lipinski definition) is 4. The minimum absolute atomic E-state index is 0.399. The van der Waals surface area contributed by atoms with Crippen molar-refractivity contribution in [3.63, 3.8) is 0 Å². The van der Waals surface area contributed by atoms with Gasteiger partial charge in [0.15, 0.2) is 0 Å². The van der Waals surface area contributed by atoms with Gasteiger partial charge in [0.25, 0.3) is 0 Å². The second kappa shape index (κ2) is 6.63. The summed E-state index contributed by atoms with van der Waals surface area (Å²) in [5.41, 5.74) is 3.24. The molecule has 0 aliphatic carbocycles. The summed E-state index contributed by atoms with van der Waals surface area (Å²) in [6.45, 7) is 6.85. The molecular weight excluding hydrogens is 302 g/mol. The normalized spacial score (nSPS) is 13.8. The summed E-state index contributed by atoms with van der Waals surface area (Å²) in [7, 11) is 0. The van der Waals surface area contributed by atoms with Crippen LogP contribution in [0.2, 0.25) is 0 Å². The molecular formula is C19H23N3O2. The Morgan fingerprint density at radius 1 is 1.17 bits per heavy atom. The second-order valence-corrected chi connectivity index (χ2v) is 6.25. The number of rotatable bonds is 6. The van der Waals surface area contributed by atoms with Gasteiger partial charge in [0.2, 0.25) is 0 Å². The number of hydrogen-bond donors (Lipinski definition) is 2. The van der Waals surface area contributed by atoms with E-state index in [0.717, 1.165) is 22.6 Å². The predicted molar refractivity (Wildman–Crippen MR) is 93.0 cm³/mol. The Morgan fingerprint density at radius 2 is 1.92 bits per heavy atom. The van der Waals surface area contributed by atoms with Gasteiger partial charge in [-0.2, -0.15) is 5.10 Å². The fraction of sp³-hybridized carbons (Fsp3) is 0.316. The monoisotopic (exact) mass is 325 g/mol. The van der Waals surface area contributed by atoms with E-state index < -0.39 is 5.60 Å². The summed E-state index contributed by atoms with van der Waals surface area (Å²) in [5.74, 6) is 0.559. The van der Waals surface area contributed by atoms with Gasteiger partial charge in [-0.25, -0.2) is 4.68 Å². The highest BCUT2D eigenvalue weighted by atomic mass is 16.4. The standard InChI is InChI=1S/C19H23N3O2/c1-14-17(12-20-13-19(3,23)18-10-7-11-24-18)15(2)22(21-14)16-8-5-4-6-9-16/h4-11,20,23H,12-13H2,1-3H3. The zero-order valence-corrected chi connectivity index (χ0v) is 14.3. The van der Waals surface area contributed by atoms with Crippen LogP contribution in [0.25, 0.3) is 5.69 Å². The number of aromatic nitrogens is 2. The maximum absolute atomic E-state index is 10.5. The minimum atomic E-state index is -1.04. The first-order valence-corrected chi connectivity index (χ1v) is 8.06. The molecule has 0 aliphatic heterocycles. The summed E-state index contributed by atoms with van der Waals surface area (Å²) in [6, 6.07) is 13.6. The molecule has 0 saturated heterocycles. The first kappa shape index (κ1) is 16.5. The lowest BCUT2D eigenvalue weighted by molar-refractivity contribution is 0.0340. The van der Waals surface area contributed by atoms with E-state index in [1.165, 1.54) is 0 Å². The van der Waals surface area contributed by atoms with Crippen molar-refractivity contribution in [2.45, 2.75) is 32.9 Å². The number of furan rings is 1. The lowest BCUT2D eigenvalue weighted by atomic mass is 10.0. The van der Waals surface area contributed by atoms with E-state index in [4.69, 9.17) is 4.42 Å². The van der Waals surface area contributed by atoms with E-state index in [1.54, 1.807) is 25.3 Å². The Bertz CT molecular complexity index is 790. The summed E-state index contributed by atoms with van der Waals surface area (Å²) in [6.07, 6.45) is 1.57. The third-order valence-electron chi connectivity index (χ3n) is 4.26. The quantitative estimate of drug-likeness (QED) is 0.731. The number of aliphatic hydroxyl groups is 1. The van der Waals surface area contributed by atoms with Crippen molar-refractivity contribution in [1.29, 1.82) is 0 Å². The van der Waals surface area contributed by atoms with Crippen LogP contribution in [0, 0.1) is 13.8 Å². The average molecular weight is 325 g/mol. The molecule has 2 N–H and O–H groups in total. The van der Waals surface area contributed by atoms with E-state index in [9.17, 15) is 5.11 Å². The van der Waals surface area contributed by atoms with Crippen LogP contribution in [0.1, 0.15) is 29.6 Å². The van der Waals surface area contributed by atoms with Crippen molar-refractivity contribution in [3.05, 3.63) is 71.4 Å². The highest BCUT2D eigenvalue weighted by Crippen LogP contribution is 2.21. The Morgan fingerprint density at radius 3 is 2.58 bits per heavy atom. The number of nitrogens with one attached hydrogen (secondary N) is 1.